The number of aromatic hydroxyl groups is 5. The number of hydrogen-bond donors (Lipinski definition) is 6. The Balaban J connectivity index is 1.73. The Kier molecular flexibility index (Phi) is 5.09. The highest BCUT2D eigenvalue weighted by molar-refractivity contribution is 6.47. The van der Waals surface area contributed by atoms with Crippen LogP contribution < -0.4 is 4.74 Å². The maximum atomic E-state index is 12.7. The zero-order valence-electron chi connectivity index (χ0n) is 16.6. The fourth-order valence-electron chi connectivity index (χ4n) is 3.53. The smallest absolute Gasteiger partial charge is 0.338 e. The maximum absolute atomic E-state index is 12.7. The van der Waals surface area contributed by atoms with Crippen LogP contribution in [0.25, 0.3) is 0 Å². The van der Waals surface area contributed by atoms with Crippen LogP contribution in [0.4, 0.5) is 0 Å². The van der Waals surface area contributed by atoms with Crippen molar-refractivity contribution in [1.29, 1.82) is 0 Å². The van der Waals surface area contributed by atoms with Crippen molar-refractivity contribution in [3.05, 3.63) is 58.9 Å². The van der Waals surface area contributed by atoms with E-state index in [4.69, 9.17) is 9.47 Å². The first-order chi connectivity index (χ1) is 15.5. The lowest BCUT2D eigenvalue weighted by Crippen LogP contribution is -2.42. The summed E-state index contributed by atoms with van der Waals surface area (Å²) in [4.78, 5) is 36.2. The first-order valence-corrected chi connectivity index (χ1v) is 9.43. The monoisotopic (exact) mass is 456 g/mol. The molecule has 0 saturated heterocycles. The van der Waals surface area contributed by atoms with Crippen LogP contribution in [0.1, 0.15) is 15.9 Å². The van der Waals surface area contributed by atoms with Crippen LogP contribution in [-0.4, -0.2) is 60.4 Å². The first-order valence-electron chi connectivity index (χ1n) is 9.43. The van der Waals surface area contributed by atoms with E-state index in [1.807, 2.05) is 0 Å². The number of aliphatic hydroxyl groups excluding tert-OH is 1. The number of esters is 1. The lowest BCUT2D eigenvalue weighted by molar-refractivity contribution is -0.133. The van der Waals surface area contributed by atoms with Crippen molar-refractivity contribution in [2.24, 2.45) is 0 Å². The molecule has 11 heteroatoms. The number of Topliss-reactive ketones (excluding diaryl/α,β-unsaturated/α-hetero) is 1. The summed E-state index contributed by atoms with van der Waals surface area (Å²) in [6, 6.07) is 3.95. The number of allylic oxidation sites excluding steroid dienone is 2. The topological polar surface area (TPSA) is 191 Å². The number of hydrogen-bond acceptors (Lipinski definition) is 11. The molecule has 33 heavy (non-hydrogen) atoms. The number of carbonyl (C=O) groups is 3. The quantitative estimate of drug-likeness (QED) is 0.169. The molecule has 2 aromatic rings. The third-order valence-corrected chi connectivity index (χ3v) is 5.12. The van der Waals surface area contributed by atoms with Crippen LogP contribution in [0.2, 0.25) is 0 Å². The molecule has 2 aliphatic rings. The predicted molar refractivity (Wildman–Crippen MR) is 107 cm³/mol. The molecule has 0 amide bonds. The van der Waals surface area contributed by atoms with Gasteiger partial charge in [-0.15, -0.1) is 0 Å². The van der Waals surface area contributed by atoms with Crippen LogP contribution >= 0.6 is 0 Å². The number of phenols is 5. The molecule has 170 valence electrons. The van der Waals surface area contributed by atoms with E-state index >= 15 is 0 Å². The third-order valence-electron chi connectivity index (χ3n) is 5.12. The molecule has 2 unspecified atom stereocenters. The van der Waals surface area contributed by atoms with Gasteiger partial charge in [-0.25, -0.2) is 4.79 Å². The minimum absolute atomic E-state index is 0.0141. The van der Waals surface area contributed by atoms with Crippen molar-refractivity contribution in [2.45, 2.75) is 18.6 Å². The van der Waals surface area contributed by atoms with Crippen LogP contribution in [0.5, 0.6) is 34.5 Å². The van der Waals surface area contributed by atoms with Crippen molar-refractivity contribution in [2.75, 3.05) is 0 Å². The van der Waals surface area contributed by atoms with Crippen molar-refractivity contribution >= 4 is 17.5 Å². The van der Waals surface area contributed by atoms with Gasteiger partial charge >= 0.3 is 5.97 Å². The molecule has 1 aliphatic heterocycles. The van der Waals surface area contributed by atoms with Gasteiger partial charge in [0.15, 0.2) is 29.1 Å². The van der Waals surface area contributed by atoms with Gasteiger partial charge in [-0.1, -0.05) is 0 Å². The zero-order chi connectivity index (χ0) is 24.0. The molecule has 4 rings (SSSR count). The molecule has 1 heterocycles. The first kappa shape index (κ1) is 21.6. The van der Waals surface area contributed by atoms with Gasteiger partial charge in [0, 0.05) is 29.7 Å². The lowest BCUT2D eigenvalue weighted by atomic mass is 9.90. The molecule has 2 aromatic carbocycles. The molecule has 0 radical (unpaired) electrons. The second-order valence-corrected chi connectivity index (χ2v) is 7.36. The van der Waals surface area contributed by atoms with E-state index in [2.05, 4.69) is 0 Å². The van der Waals surface area contributed by atoms with Gasteiger partial charge in [0.05, 0.1) is 5.56 Å². The fraction of sp³-hybridized carbons (Fsp3) is 0.136. The van der Waals surface area contributed by atoms with Crippen LogP contribution in [0, 0.1) is 0 Å². The molecule has 0 spiro atoms. The number of phenolic OH excluding ortho intramolecular Hbond substituents is 5. The molecular formula is C22H16O11. The zero-order valence-corrected chi connectivity index (χ0v) is 16.6. The Morgan fingerprint density at radius 1 is 0.909 bits per heavy atom. The molecule has 6 N–H and O–H groups in total. The van der Waals surface area contributed by atoms with Gasteiger partial charge in [0.2, 0.25) is 5.78 Å². The van der Waals surface area contributed by atoms with Gasteiger partial charge in [0.1, 0.15) is 23.4 Å². The standard InChI is InChI=1S/C22H16O11/c23-10-5-12(24)11-7-18(33-22(31)9-3-15(27)20(30)16(28)4-9)21(32-17(11)6-10)8-1-13(25)19(29)14(26)2-8/h1-6,18,21,23-25,27-28,30H,7H2. The highest BCUT2D eigenvalue weighted by Gasteiger charge is 2.39. The molecule has 0 bridgehead atoms. The van der Waals surface area contributed by atoms with E-state index in [9.17, 15) is 45.0 Å². The van der Waals surface area contributed by atoms with Gasteiger partial charge in [-0.2, -0.15) is 0 Å². The van der Waals surface area contributed by atoms with E-state index in [0.717, 1.165) is 30.4 Å². The number of ether oxygens (including phenoxy) is 2. The highest BCUT2D eigenvalue weighted by Crippen LogP contribution is 2.41. The molecule has 0 saturated carbocycles. The summed E-state index contributed by atoms with van der Waals surface area (Å²) in [5.74, 6) is -7.11. The van der Waals surface area contributed by atoms with E-state index in [-0.39, 0.29) is 40.4 Å². The van der Waals surface area contributed by atoms with Gasteiger partial charge < -0.3 is 40.1 Å². The summed E-state index contributed by atoms with van der Waals surface area (Å²) >= 11 is 0. The summed E-state index contributed by atoms with van der Waals surface area (Å²) in [5.41, 5.74) is -0.172. The fourth-order valence-corrected chi connectivity index (χ4v) is 3.53. The average molecular weight is 456 g/mol. The molecule has 11 nitrogen and oxygen atoms in total. The summed E-state index contributed by atoms with van der Waals surface area (Å²) in [7, 11) is 0. The predicted octanol–water partition coefficient (Wildman–Crippen LogP) is 1.26. The second-order valence-electron chi connectivity index (χ2n) is 7.36. The van der Waals surface area contributed by atoms with Crippen LogP contribution in [0.3, 0.4) is 0 Å². The average Bonchev–Trinajstić information content (AvgIpc) is 2.75. The minimum atomic E-state index is -1.25. The Morgan fingerprint density at radius 2 is 1.58 bits per heavy atom. The maximum Gasteiger partial charge on any atom is 0.338 e. The number of aliphatic hydroxyl groups is 1. The number of ketones is 2. The van der Waals surface area contributed by atoms with Gasteiger partial charge in [0.25, 0.3) is 5.78 Å². The Morgan fingerprint density at radius 3 is 2.21 bits per heavy atom. The van der Waals surface area contributed by atoms with Crippen molar-refractivity contribution in [1.82, 2.24) is 0 Å². The number of rotatable bonds is 3. The lowest BCUT2D eigenvalue weighted by Gasteiger charge is -2.34. The summed E-state index contributed by atoms with van der Waals surface area (Å²) in [5, 5.41) is 58.5. The van der Waals surface area contributed by atoms with Crippen molar-refractivity contribution < 1.29 is 54.5 Å². The molecule has 1 aliphatic carbocycles. The Hall–Kier alpha value is -4.67. The van der Waals surface area contributed by atoms with Crippen LogP contribution in [0.15, 0.2) is 47.7 Å². The number of benzene rings is 2. The molecule has 0 aromatic heterocycles. The molecular weight excluding hydrogens is 440 g/mol. The Bertz CT molecular complexity index is 1250. The largest absolute Gasteiger partial charge is 0.508 e. The van der Waals surface area contributed by atoms with E-state index in [1.54, 1.807) is 0 Å². The van der Waals surface area contributed by atoms with E-state index in [0.29, 0.717) is 0 Å². The Labute approximate surface area is 184 Å². The summed E-state index contributed by atoms with van der Waals surface area (Å²) in [6.45, 7) is 0. The van der Waals surface area contributed by atoms with Crippen molar-refractivity contribution in [3.8, 4) is 34.5 Å². The SMILES string of the molecule is O=C1C=C(C2Oc3cc(O)cc(O)c3CC2OC(=O)c2cc(O)c(O)c(O)c2)C=C(O)C1=O. The normalized spacial score (nSPS) is 19.8. The number of fused-ring (bicyclic) bond motifs is 1. The van der Waals surface area contributed by atoms with Crippen molar-refractivity contribution in [3.63, 3.8) is 0 Å². The summed E-state index contributed by atoms with van der Waals surface area (Å²) in [6.07, 6.45) is -0.765. The van der Waals surface area contributed by atoms with Gasteiger partial charge in [-0.3, -0.25) is 9.59 Å². The van der Waals surface area contributed by atoms with E-state index in [1.165, 1.54) is 6.07 Å². The molecule has 2 atom stereocenters. The molecule has 0 fully saturated rings. The third kappa shape index (κ3) is 3.87. The highest BCUT2D eigenvalue weighted by atomic mass is 16.6. The minimum Gasteiger partial charge on any atom is -0.508 e. The van der Waals surface area contributed by atoms with Gasteiger partial charge in [-0.05, 0) is 24.3 Å². The summed E-state index contributed by atoms with van der Waals surface area (Å²) < 4.78 is 11.2. The van der Waals surface area contributed by atoms with Crippen LogP contribution in [-0.2, 0) is 20.7 Å². The second kappa shape index (κ2) is 7.79. The van der Waals surface area contributed by atoms with E-state index < -0.39 is 52.8 Å². The number of carbonyl (C=O) groups excluding carboxylic acids is 3.